The van der Waals surface area contributed by atoms with Gasteiger partial charge in [-0.3, -0.25) is 0 Å². The fourth-order valence-electron chi connectivity index (χ4n) is 7.03. The molecule has 1 saturated heterocycles. The summed E-state index contributed by atoms with van der Waals surface area (Å²) < 4.78 is 43.0. The summed E-state index contributed by atoms with van der Waals surface area (Å²) in [5.74, 6) is 0.607. The van der Waals surface area contributed by atoms with Gasteiger partial charge in [0.15, 0.2) is 11.6 Å². The van der Waals surface area contributed by atoms with Gasteiger partial charge in [-0.05, 0) is 30.4 Å². The second-order valence-electron chi connectivity index (χ2n) is 12.5. The maximum atomic E-state index is 16.6. The van der Waals surface area contributed by atoms with Crippen LogP contribution >= 0.6 is 34.7 Å². The predicted molar refractivity (Wildman–Crippen MR) is 204 cm³/mol. The molecule has 6 N–H and O–H groups in total. The number of nitriles is 1. The lowest BCUT2D eigenvalue weighted by Gasteiger charge is -2.30. The van der Waals surface area contributed by atoms with E-state index in [4.69, 9.17) is 32.5 Å². The fraction of sp³-hybridized carbons (Fsp3) is 0.389. The first kappa shape index (κ1) is 37.6. The summed E-state index contributed by atoms with van der Waals surface area (Å²) in [4.78, 5) is 15.0. The lowest BCUT2D eigenvalue weighted by atomic mass is 9.96. The second-order valence-corrected chi connectivity index (χ2v) is 15.5. The molecule has 0 amide bonds. The predicted octanol–water partition coefficient (Wildman–Crippen LogP) is 6.80. The summed E-state index contributed by atoms with van der Waals surface area (Å²) in [6.07, 6.45) is 5.17. The first-order valence-electron chi connectivity index (χ1n) is 17.0. The molecule has 1 fully saturated rings. The van der Waals surface area contributed by atoms with Crippen LogP contribution in [0.25, 0.3) is 32.1 Å². The maximum absolute atomic E-state index is 16.6. The Morgan fingerprint density at radius 3 is 2.73 bits per heavy atom. The molecule has 7 rings (SSSR count). The minimum atomic E-state index is -0.814. The number of halogens is 3. The number of anilines is 3. The largest absolute Gasteiger partial charge is 0.489 e. The highest BCUT2D eigenvalue weighted by Gasteiger charge is 2.35. The minimum absolute atomic E-state index is 0.0341. The van der Waals surface area contributed by atoms with Gasteiger partial charge in [0.1, 0.15) is 53.2 Å². The second kappa shape index (κ2) is 15.8. The van der Waals surface area contributed by atoms with Gasteiger partial charge in [0.05, 0.1) is 45.6 Å². The van der Waals surface area contributed by atoms with Gasteiger partial charge < -0.3 is 25.8 Å². The lowest BCUT2D eigenvalue weighted by Crippen LogP contribution is -3.11. The number of thiophene rings is 1. The highest BCUT2D eigenvalue weighted by molar-refractivity contribution is 7.99. The zero-order valence-corrected chi connectivity index (χ0v) is 31.6. The molecular weight excluding hydrogens is 730 g/mol. The highest BCUT2D eigenvalue weighted by Crippen LogP contribution is 2.51. The van der Waals surface area contributed by atoms with Gasteiger partial charge in [-0.15, -0.1) is 11.3 Å². The molecule has 4 unspecified atom stereocenters. The minimum Gasteiger partial charge on any atom is -0.489 e. The number of hydrogen-bond donors (Lipinski definition) is 4. The fourth-order valence-corrected chi connectivity index (χ4v) is 9.44. The van der Waals surface area contributed by atoms with Crippen molar-refractivity contribution in [2.75, 3.05) is 48.9 Å². The van der Waals surface area contributed by atoms with E-state index in [2.05, 4.69) is 28.8 Å². The van der Waals surface area contributed by atoms with Crippen molar-refractivity contribution < 1.29 is 28.5 Å². The number of thioether (sulfide) groups is 1. The Bertz CT molecular complexity index is 2170. The van der Waals surface area contributed by atoms with E-state index in [-0.39, 0.29) is 72.1 Å². The molecule has 5 aromatic rings. The normalized spacial score (nSPS) is 18.8. The summed E-state index contributed by atoms with van der Waals surface area (Å²) in [5, 5.41) is 21.3. The molecule has 0 bridgehead atoms. The first-order chi connectivity index (χ1) is 25.0. The molecule has 2 aliphatic heterocycles. The van der Waals surface area contributed by atoms with Crippen LogP contribution in [0.1, 0.15) is 57.2 Å². The van der Waals surface area contributed by atoms with Crippen LogP contribution in [0.5, 0.6) is 11.8 Å². The number of nitrogen functional groups attached to an aromatic ring is 2. The van der Waals surface area contributed by atoms with Crippen LogP contribution in [0, 0.1) is 23.0 Å². The van der Waals surface area contributed by atoms with Crippen LogP contribution < -0.4 is 30.9 Å². The lowest BCUT2D eigenvalue weighted by molar-refractivity contribution is -1.10. The molecule has 274 valence electrons. The molecule has 4 atom stereocenters. The Morgan fingerprint density at radius 1 is 1.25 bits per heavy atom. The number of hydroxylamine groups is 2. The van der Waals surface area contributed by atoms with Gasteiger partial charge in [-0.25, -0.2) is 19.0 Å². The smallest absolute Gasteiger partial charge is 0.318 e. The number of methoxy groups -OCH3 is 1. The molecule has 2 aromatic carbocycles. The number of benzene rings is 2. The summed E-state index contributed by atoms with van der Waals surface area (Å²) >= 11 is 9.78. The molecule has 2 aliphatic rings. The number of nitrogens with two attached hydrogens (primary N) is 2. The van der Waals surface area contributed by atoms with Crippen molar-refractivity contribution >= 4 is 72.3 Å². The van der Waals surface area contributed by atoms with Crippen LogP contribution in [0.15, 0.2) is 30.5 Å². The van der Waals surface area contributed by atoms with Crippen LogP contribution in [0.4, 0.5) is 25.4 Å². The van der Waals surface area contributed by atoms with Crippen molar-refractivity contribution in [3.8, 4) is 29.0 Å². The Balaban J connectivity index is 0.000000330. The van der Waals surface area contributed by atoms with Crippen molar-refractivity contribution in [1.29, 1.82) is 5.26 Å². The van der Waals surface area contributed by atoms with E-state index in [1.807, 2.05) is 35.7 Å². The number of fused-ring (bicyclic) bond motifs is 1. The third-order valence-corrected chi connectivity index (χ3v) is 12.0. The number of nitrogens with one attached hydrogen (secondary N) is 1. The Morgan fingerprint density at radius 2 is 2.04 bits per heavy atom. The number of aromatic nitrogens is 3. The Hall–Kier alpha value is -4.20. The number of rotatable bonds is 8. The molecule has 5 heterocycles. The van der Waals surface area contributed by atoms with E-state index in [0.717, 1.165) is 28.5 Å². The summed E-state index contributed by atoms with van der Waals surface area (Å²) in [7, 11) is 1.38. The molecule has 0 spiro atoms. The van der Waals surface area contributed by atoms with Crippen molar-refractivity contribution in [1.82, 2.24) is 15.0 Å². The monoisotopic (exact) mass is 769 g/mol. The van der Waals surface area contributed by atoms with E-state index in [1.165, 1.54) is 44.3 Å². The van der Waals surface area contributed by atoms with Crippen LogP contribution in [0.2, 0.25) is 5.02 Å². The molecule has 11 nitrogen and oxygen atoms in total. The van der Waals surface area contributed by atoms with Crippen LogP contribution in [-0.4, -0.2) is 64.0 Å². The third kappa shape index (κ3) is 6.85. The maximum Gasteiger partial charge on any atom is 0.318 e. The summed E-state index contributed by atoms with van der Waals surface area (Å²) in [5.41, 5.74) is 12.9. The molecule has 52 heavy (non-hydrogen) atoms. The number of nitrogens with zero attached hydrogens (tertiary/aromatic N) is 5. The van der Waals surface area contributed by atoms with Crippen molar-refractivity contribution in [2.45, 2.75) is 57.4 Å². The zero-order valence-electron chi connectivity index (χ0n) is 29.2. The van der Waals surface area contributed by atoms with Crippen molar-refractivity contribution in [3.63, 3.8) is 0 Å². The van der Waals surface area contributed by atoms with Gasteiger partial charge >= 0.3 is 6.01 Å². The summed E-state index contributed by atoms with van der Waals surface area (Å²) in [6, 6.07) is 8.27. The number of ether oxygens (including phenoxy) is 2. The third-order valence-electron chi connectivity index (χ3n) is 9.46. The van der Waals surface area contributed by atoms with Gasteiger partial charge in [0.2, 0.25) is 0 Å². The quantitative estimate of drug-likeness (QED) is 0.131. The molecule has 0 saturated carbocycles. The summed E-state index contributed by atoms with van der Waals surface area (Å²) in [6.45, 7) is 7.75. The molecular formula is C36H40ClF2N8O3S2+. The van der Waals surface area contributed by atoms with Crippen LogP contribution in [-0.2, 0) is 0 Å². The van der Waals surface area contributed by atoms with E-state index < -0.39 is 11.6 Å². The topological polar surface area (TPSA) is 161 Å². The van der Waals surface area contributed by atoms with Gasteiger partial charge in [0.25, 0.3) is 0 Å². The zero-order chi connectivity index (χ0) is 37.3. The highest BCUT2D eigenvalue weighted by atomic mass is 35.5. The van der Waals surface area contributed by atoms with Crippen molar-refractivity contribution in [2.24, 2.45) is 0 Å². The molecule has 0 aliphatic carbocycles. The Kier molecular flexibility index (Phi) is 11.4. The number of quaternary nitrogens is 1. The van der Waals surface area contributed by atoms with Crippen molar-refractivity contribution in [3.05, 3.63) is 58.2 Å². The molecule has 16 heteroatoms. The average Bonchev–Trinajstić information content (AvgIpc) is 3.59. The Labute approximate surface area is 313 Å². The average molecular weight is 770 g/mol. The number of pyridine rings is 1. The van der Waals surface area contributed by atoms with Gasteiger partial charge in [0, 0.05) is 35.6 Å². The van der Waals surface area contributed by atoms with Gasteiger partial charge in [-0.2, -0.15) is 32.1 Å². The van der Waals surface area contributed by atoms with E-state index in [9.17, 15) is 14.9 Å². The molecule has 0 radical (unpaired) electrons. The molecule has 3 aromatic heterocycles. The standard InChI is InChI=1S/C27H20ClF2N7O2S.C9H19NOS/c1-11(12-4-3-7-34-24(12)32)37-8-9-39-22-18-21(35-27(38-2)36-26(18)37)20(30)17(19(22)28)13-5-6-15(29)23-16(13)14(10-31)25(33)40-23;1-3-5-8-6-9(12-4-2)7-10(8)11/h3-7,11H,8-9,33H2,1-2H3,(H2,32,34);8-9,11H,3-7H2,1-2H3/p+1. The number of hydrogen-bond acceptors (Lipinski definition) is 12. The van der Waals surface area contributed by atoms with E-state index >= 15 is 4.39 Å². The first-order valence-corrected chi connectivity index (χ1v) is 19.2. The van der Waals surface area contributed by atoms with Crippen LogP contribution in [0.3, 0.4) is 0 Å². The van der Waals surface area contributed by atoms with Gasteiger partial charge in [-0.1, -0.05) is 44.0 Å². The van der Waals surface area contributed by atoms with E-state index in [0.29, 0.717) is 29.5 Å². The SMILES string of the molecule is CCCC1CC(SCC)C[NH+]1O.COc1nc2c3c(c(Cl)c(-c4ccc(F)c5sc(N)c(C#N)c45)c(F)c3n1)OCCN2C(C)c1cccnc1N. The van der Waals surface area contributed by atoms with E-state index in [1.54, 1.807) is 12.3 Å².